The largest absolute Gasteiger partial charge is 0.416 e. The molecule has 0 amide bonds. The quantitative estimate of drug-likeness (QED) is 0.880. The molecule has 0 saturated carbocycles. The van der Waals surface area contributed by atoms with Gasteiger partial charge >= 0.3 is 6.18 Å². The summed E-state index contributed by atoms with van der Waals surface area (Å²) in [5, 5.41) is 12.6. The maximum atomic E-state index is 12.4. The number of nitrogens with one attached hydrogen (secondary N) is 1. The Bertz CT molecular complexity index is 426. The van der Waals surface area contributed by atoms with Gasteiger partial charge in [0.15, 0.2) is 0 Å². The second kappa shape index (κ2) is 4.97. The van der Waals surface area contributed by atoms with Gasteiger partial charge in [-0.2, -0.15) is 13.2 Å². The molecule has 0 radical (unpaired) electrons. The van der Waals surface area contributed by atoms with E-state index in [2.05, 4.69) is 5.32 Å². The Labute approximate surface area is 109 Å². The number of hydrogen-bond donors (Lipinski definition) is 2. The molecule has 0 spiro atoms. The minimum absolute atomic E-state index is 0.0269. The van der Waals surface area contributed by atoms with E-state index in [1.54, 1.807) is 20.8 Å². The standard InChI is InChI=1S/C12H15ClF3NO/c1-7(11(2,3)18)17-10-5-4-8(6-9(10)13)12(14,15)16/h4-7,17-18H,1-3H3. The average molecular weight is 282 g/mol. The molecule has 1 unspecified atom stereocenters. The van der Waals surface area contributed by atoms with Gasteiger partial charge in [0, 0.05) is 0 Å². The number of benzene rings is 1. The Morgan fingerprint density at radius 2 is 1.83 bits per heavy atom. The SMILES string of the molecule is CC(Nc1ccc(C(F)(F)F)cc1Cl)C(C)(C)O. The lowest BCUT2D eigenvalue weighted by Gasteiger charge is -2.28. The first-order valence-electron chi connectivity index (χ1n) is 5.37. The van der Waals surface area contributed by atoms with Crippen molar-refractivity contribution >= 4 is 17.3 Å². The van der Waals surface area contributed by atoms with Crippen molar-refractivity contribution in [3.63, 3.8) is 0 Å². The zero-order valence-electron chi connectivity index (χ0n) is 10.3. The van der Waals surface area contributed by atoms with Gasteiger partial charge in [-0.25, -0.2) is 0 Å². The lowest BCUT2D eigenvalue weighted by Crippen LogP contribution is -2.39. The van der Waals surface area contributed by atoms with Crippen molar-refractivity contribution < 1.29 is 18.3 Å². The van der Waals surface area contributed by atoms with Gasteiger partial charge in [0.2, 0.25) is 0 Å². The van der Waals surface area contributed by atoms with Crippen LogP contribution in [0.25, 0.3) is 0 Å². The van der Waals surface area contributed by atoms with E-state index in [0.717, 1.165) is 12.1 Å². The van der Waals surface area contributed by atoms with Crippen LogP contribution < -0.4 is 5.32 Å². The Balaban J connectivity index is 2.94. The van der Waals surface area contributed by atoms with Crippen molar-refractivity contribution in [2.75, 3.05) is 5.32 Å². The van der Waals surface area contributed by atoms with Crippen molar-refractivity contribution in [3.05, 3.63) is 28.8 Å². The summed E-state index contributed by atoms with van der Waals surface area (Å²) in [7, 11) is 0. The number of hydrogen-bond acceptors (Lipinski definition) is 2. The molecule has 2 N–H and O–H groups in total. The fraction of sp³-hybridized carbons (Fsp3) is 0.500. The molecule has 0 aliphatic carbocycles. The number of halogens is 4. The molecule has 6 heteroatoms. The van der Waals surface area contributed by atoms with E-state index in [0.29, 0.717) is 5.69 Å². The third-order valence-corrected chi connectivity index (χ3v) is 3.04. The molecule has 0 aliphatic rings. The highest BCUT2D eigenvalue weighted by atomic mass is 35.5. The first-order valence-corrected chi connectivity index (χ1v) is 5.75. The summed E-state index contributed by atoms with van der Waals surface area (Å²) in [6, 6.07) is 2.71. The van der Waals surface area contributed by atoms with Crippen molar-refractivity contribution in [1.29, 1.82) is 0 Å². The Morgan fingerprint density at radius 3 is 2.22 bits per heavy atom. The summed E-state index contributed by atoms with van der Waals surface area (Å²) >= 11 is 5.79. The van der Waals surface area contributed by atoms with Crippen LogP contribution in [-0.4, -0.2) is 16.7 Å². The Morgan fingerprint density at radius 1 is 1.28 bits per heavy atom. The highest BCUT2D eigenvalue weighted by Gasteiger charge is 2.31. The first-order chi connectivity index (χ1) is 8.01. The highest BCUT2D eigenvalue weighted by molar-refractivity contribution is 6.33. The van der Waals surface area contributed by atoms with E-state index in [1.165, 1.54) is 6.07 Å². The lowest BCUT2D eigenvalue weighted by atomic mass is 10.0. The maximum absolute atomic E-state index is 12.4. The topological polar surface area (TPSA) is 32.3 Å². The zero-order chi connectivity index (χ0) is 14.1. The molecule has 0 aromatic heterocycles. The molecule has 1 rings (SSSR count). The molecule has 102 valence electrons. The molecule has 0 bridgehead atoms. The Hall–Kier alpha value is -0.940. The van der Waals surface area contributed by atoms with E-state index in [4.69, 9.17) is 11.6 Å². The van der Waals surface area contributed by atoms with Gasteiger partial charge in [0.1, 0.15) is 0 Å². The molecule has 2 nitrogen and oxygen atoms in total. The Kier molecular flexibility index (Phi) is 4.18. The van der Waals surface area contributed by atoms with Crippen LogP contribution in [0.3, 0.4) is 0 Å². The van der Waals surface area contributed by atoms with Gasteiger partial charge < -0.3 is 10.4 Å². The molecule has 1 atom stereocenters. The monoisotopic (exact) mass is 281 g/mol. The molecule has 0 fully saturated rings. The third-order valence-electron chi connectivity index (χ3n) is 2.73. The smallest absolute Gasteiger partial charge is 0.388 e. The van der Waals surface area contributed by atoms with Crippen molar-refractivity contribution in [2.45, 2.75) is 38.6 Å². The fourth-order valence-electron chi connectivity index (χ4n) is 1.22. The molecule has 1 aromatic carbocycles. The maximum Gasteiger partial charge on any atom is 0.416 e. The summed E-state index contributed by atoms with van der Waals surface area (Å²) in [5.41, 5.74) is -1.44. The van der Waals surface area contributed by atoms with E-state index in [9.17, 15) is 18.3 Å². The van der Waals surface area contributed by atoms with Crippen LogP contribution in [0.15, 0.2) is 18.2 Å². The third kappa shape index (κ3) is 3.78. The number of alkyl halides is 3. The summed E-state index contributed by atoms with van der Waals surface area (Å²) in [4.78, 5) is 0. The highest BCUT2D eigenvalue weighted by Crippen LogP contribution is 2.34. The van der Waals surface area contributed by atoms with Crippen molar-refractivity contribution in [3.8, 4) is 0 Å². The van der Waals surface area contributed by atoms with Crippen LogP contribution in [0, 0.1) is 0 Å². The number of anilines is 1. The van der Waals surface area contributed by atoms with E-state index in [1.807, 2.05) is 0 Å². The average Bonchev–Trinajstić information content (AvgIpc) is 2.17. The van der Waals surface area contributed by atoms with E-state index >= 15 is 0 Å². The zero-order valence-corrected chi connectivity index (χ0v) is 11.0. The molecular weight excluding hydrogens is 267 g/mol. The molecule has 1 aromatic rings. The van der Waals surface area contributed by atoms with Gasteiger partial charge in [-0.15, -0.1) is 0 Å². The van der Waals surface area contributed by atoms with E-state index in [-0.39, 0.29) is 11.1 Å². The van der Waals surface area contributed by atoms with Gasteiger partial charge in [0.25, 0.3) is 0 Å². The second-order valence-electron chi connectivity index (χ2n) is 4.71. The molecule has 18 heavy (non-hydrogen) atoms. The van der Waals surface area contributed by atoms with Gasteiger partial charge in [0.05, 0.1) is 27.9 Å². The normalized spacial score (nSPS) is 14.4. The van der Waals surface area contributed by atoms with Gasteiger partial charge in [-0.3, -0.25) is 0 Å². The minimum Gasteiger partial charge on any atom is -0.388 e. The van der Waals surface area contributed by atoms with Crippen LogP contribution in [0.5, 0.6) is 0 Å². The second-order valence-corrected chi connectivity index (χ2v) is 5.12. The summed E-state index contributed by atoms with van der Waals surface area (Å²) < 4.78 is 37.3. The number of rotatable bonds is 3. The summed E-state index contributed by atoms with van der Waals surface area (Å²) in [6.07, 6.45) is -4.41. The van der Waals surface area contributed by atoms with E-state index < -0.39 is 17.3 Å². The van der Waals surface area contributed by atoms with Crippen LogP contribution in [0.1, 0.15) is 26.3 Å². The molecule has 0 heterocycles. The van der Waals surface area contributed by atoms with Gasteiger partial charge in [-0.1, -0.05) is 11.6 Å². The summed E-state index contributed by atoms with van der Waals surface area (Å²) in [5.74, 6) is 0. The molecule has 0 saturated heterocycles. The number of aliphatic hydroxyl groups is 1. The van der Waals surface area contributed by atoms with Crippen LogP contribution in [-0.2, 0) is 6.18 Å². The summed E-state index contributed by atoms with van der Waals surface area (Å²) in [6.45, 7) is 4.92. The molecular formula is C12H15ClF3NO. The van der Waals surface area contributed by atoms with Crippen LogP contribution >= 0.6 is 11.6 Å². The van der Waals surface area contributed by atoms with Crippen LogP contribution in [0.2, 0.25) is 5.02 Å². The minimum atomic E-state index is -4.41. The van der Waals surface area contributed by atoms with Gasteiger partial charge in [-0.05, 0) is 39.0 Å². The predicted molar refractivity (Wildman–Crippen MR) is 65.8 cm³/mol. The lowest BCUT2D eigenvalue weighted by molar-refractivity contribution is -0.137. The predicted octanol–water partition coefficient (Wildman–Crippen LogP) is 3.93. The van der Waals surface area contributed by atoms with Crippen molar-refractivity contribution in [1.82, 2.24) is 0 Å². The van der Waals surface area contributed by atoms with Crippen LogP contribution in [0.4, 0.5) is 18.9 Å². The van der Waals surface area contributed by atoms with Crippen molar-refractivity contribution in [2.24, 2.45) is 0 Å². The molecule has 0 aliphatic heterocycles. The fourth-order valence-corrected chi connectivity index (χ4v) is 1.45. The first kappa shape index (κ1) is 15.1.